The fourth-order valence-corrected chi connectivity index (χ4v) is 3.04. The highest BCUT2D eigenvalue weighted by molar-refractivity contribution is 5.79. The number of aromatic nitrogens is 6. The van der Waals surface area contributed by atoms with Crippen molar-refractivity contribution in [3.63, 3.8) is 0 Å². The number of hydrogen-bond donors (Lipinski definition) is 1. The van der Waals surface area contributed by atoms with Gasteiger partial charge in [-0.3, -0.25) is 9.97 Å². The van der Waals surface area contributed by atoms with Gasteiger partial charge in [-0.25, -0.2) is 9.67 Å². The van der Waals surface area contributed by atoms with E-state index in [4.69, 9.17) is 0 Å². The Kier molecular flexibility index (Phi) is 3.68. The summed E-state index contributed by atoms with van der Waals surface area (Å²) in [5.74, 6) is 0. The van der Waals surface area contributed by atoms with Crippen molar-refractivity contribution in [2.75, 3.05) is 5.32 Å². The second kappa shape index (κ2) is 6.45. The molecule has 0 aliphatic carbocycles. The van der Waals surface area contributed by atoms with Crippen molar-refractivity contribution in [1.82, 2.24) is 29.9 Å². The van der Waals surface area contributed by atoms with E-state index in [1.165, 1.54) is 0 Å². The van der Waals surface area contributed by atoms with Crippen LogP contribution in [0.3, 0.4) is 0 Å². The molecule has 0 aliphatic heterocycles. The topological polar surface area (TPSA) is 81.4 Å². The summed E-state index contributed by atoms with van der Waals surface area (Å²) in [6, 6.07) is 16.1. The van der Waals surface area contributed by atoms with E-state index in [9.17, 15) is 0 Å². The Morgan fingerprint density at radius 2 is 1.85 bits per heavy atom. The van der Waals surface area contributed by atoms with E-state index >= 15 is 0 Å². The molecule has 27 heavy (non-hydrogen) atoms. The number of rotatable bonds is 4. The minimum absolute atomic E-state index is 0.610. The molecule has 1 aromatic carbocycles. The summed E-state index contributed by atoms with van der Waals surface area (Å²) in [5, 5.41) is 12.8. The average Bonchev–Trinajstić information content (AvgIpc) is 3.11. The molecule has 5 rings (SSSR count). The van der Waals surface area contributed by atoms with E-state index in [-0.39, 0.29) is 0 Å². The van der Waals surface area contributed by atoms with Gasteiger partial charge in [0.2, 0.25) is 5.65 Å². The lowest BCUT2D eigenvalue weighted by molar-refractivity contribution is 0.670. The molecule has 0 bridgehead atoms. The van der Waals surface area contributed by atoms with Crippen LogP contribution in [0, 0.1) is 0 Å². The van der Waals surface area contributed by atoms with Gasteiger partial charge in [-0.15, -0.1) is 5.10 Å². The molecule has 0 spiro atoms. The Morgan fingerprint density at radius 1 is 0.889 bits per heavy atom. The summed E-state index contributed by atoms with van der Waals surface area (Å²) in [6.07, 6.45) is 7.05. The summed E-state index contributed by atoms with van der Waals surface area (Å²) < 4.78 is 1.86. The maximum absolute atomic E-state index is 4.40. The predicted molar refractivity (Wildman–Crippen MR) is 104 cm³/mol. The van der Waals surface area contributed by atoms with E-state index < -0.39 is 0 Å². The second-order valence-corrected chi connectivity index (χ2v) is 6.21. The molecule has 0 aliphatic rings. The fraction of sp³-hybridized carbons (Fsp3) is 0.0500. The molecule has 130 valence electrons. The first-order valence-corrected chi connectivity index (χ1v) is 8.55. The van der Waals surface area contributed by atoms with E-state index in [1.54, 1.807) is 24.8 Å². The van der Waals surface area contributed by atoms with Crippen LogP contribution in [0.25, 0.3) is 22.1 Å². The van der Waals surface area contributed by atoms with Crippen molar-refractivity contribution >= 4 is 33.4 Å². The third-order valence-corrected chi connectivity index (χ3v) is 4.32. The van der Waals surface area contributed by atoms with Crippen LogP contribution in [0.5, 0.6) is 0 Å². The Labute approximate surface area is 154 Å². The molecule has 1 N–H and O–H groups in total. The monoisotopic (exact) mass is 353 g/mol. The second-order valence-electron chi connectivity index (χ2n) is 6.21. The van der Waals surface area contributed by atoms with Crippen molar-refractivity contribution in [1.29, 1.82) is 0 Å². The SMILES string of the molecule is c1cncc(Nc2cnc3nnn(Cc4ccc5ncccc5c4)c3c2)c1. The third-order valence-electron chi connectivity index (χ3n) is 4.32. The quantitative estimate of drug-likeness (QED) is 0.532. The molecule has 0 atom stereocenters. The fourth-order valence-electron chi connectivity index (χ4n) is 3.04. The van der Waals surface area contributed by atoms with Gasteiger partial charge >= 0.3 is 0 Å². The highest BCUT2D eigenvalue weighted by Gasteiger charge is 2.08. The smallest absolute Gasteiger partial charge is 0.201 e. The van der Waals surface area contributed by atoms with E-state index in [0.29, 0.717) is 12.2 Å². The van der Waals surface area contributed by atoms with E-state index in [2.05, 4.69) is 48.8 Å². The van der Waals surface area contributed by atoms with Crippen LogP contribution in [-0.2, 0) is 6.54 Å². The van der Waals surface area contributed by atoms with Crippen LogP contribution in [-0.4, -0.2) is 29.9 Å². The van der Waals surface area contributed by atoms with Gasteiger partial charge in [0.05, 0.1) is 35.8 Å². The molecule has 0 fully saturated rings. The average molecular weight is 353 g/mol. The first-order valence-electron chi connectivity index (χ1n) is 8.55. The molecule has 7 heteroatoms. The number of hydrogen-bond acceptors (Lipinski definition) is 6. The highest BCUT2D eigenvalue weighted by atomic mass is 15.4. The van der Waals surface area contributed by atoms with Gasteiger partial charge in [0.1, 0.15) is 5.52 Å². The van der Waals surface area contributed by atoms with Gasteiger partial charge < -0.3 is 5.32 Å². The highest BCUT2D eigenvalue weighted by Crippen LogP contribution is 2.20. The van der Waals surface area contributed by atoms with Gasteiger partial charge in [0, 0.05) is 17.8 Å². The number of anilines is 2. The van der Waals surface area contributed by atoms with Crippen LogP contribution in [0.15, 0.2) is 73.3 Å². The summed E-state index contributed by atoms with van der Waals surface area (Å²) in [6.45, 7) is 0.610. The van der Waals surface area contributed by atoms with Crippen LogP contribution < -0.4 is 5.32 Å². The Morgan fingerprint density at radius 3 is 2.78 bits per heavy atom. The molecule has 4 heterocycles. The predicted octanol–water partition coefficient (Wildman–Crippen LogP) is 3.56. The zero-order valence-electron chi connectivity index (χ0n) is 14.3. The summed E-state index contributed by atoms with van der Waals surface area (Å²) in [4.78, 5) is 12.9. The van der Waals surface area contributed by atoms with Crippen molar-refractivity contribution in [3.8, 4) is 0 Å². The van der Waals surface area contributed by atoms with Crippen LogP contribution in [0.4, 0.5) is 11.4 Å². The van der Waals surface area contributed by atoms with Crippen molar-refractivity contribution in [3.05, 3.63) is 78.9 Å². The molecule has 4 aromatic heterocycles. The lowest BCUT2D eigenvalue weighted by Gasteiger charge is -2.07. The summed E-state index contributed by atoms with van der Waals surface area (Å²) in [5.41, 5.74) is 5.37. The Balaban J connectivity index is 1.48. The van der Waals surface area contributed by atoms with Gasteiger partial charge in [0.15, 0.2) is 0 Å². The molecule has 0 saturated heterocycles. The Hall–Kier alpha value is -3.87. The van der Waals surface area contributed by atoms with Crippen LogP contribution in [0.2, 0.25) is 0 Å². The molecule has 0 unspecified atom stereocenters. The van der Waals surface area contributed by atoms with E-state index in [1.807, 2.05) is 35.0 Å². The number of nitrogens with zero attached hydrogens (tertiary/aromatic N) is 6. The lowest BCUT2D eigenvalue weighted by atomic mass is 10.1. The molecule has 0 radical (unpaired) electrons. The zero-order chi connectivity index (χ0) is 18.1. The summed E-state index contributed by atoms with van der Waals surface area (Å²) >= 11 is 0. The molecule has 0 saturated carbocycles. The molecular weight excluding hydrogens is 338 g/mol. The minimum atomic E-state index is 0.610. The number of pyridine rings is 3. The van der Waals surface area contributed by atoms with Gasteiger partial charge in [0.25, 0.3) is 0 Å². The summed E-state index contributed by atoms with van der Waals surface area (Å²) in [7, 11) is 0. The number of nitrogens with one attached hydrogen (secondary N) is 1. The standard InChI is InChI=1S/C20H15N7/c1-3-15-9-14(5-6-18(15)22-8-1)13-27-19-10-17(12-23-20(19)25-26-27)24-16-4-2-7-21-11-16/h1-12,24H,13H2. The van der Waals surface area contributed by atoms with Gasteiger partial charge in [-0.2, -0.15) is 0 Å². The third kappa shape index (κ3) is 3.06. The molecule has 5 aromatic rings. The van der Waals surface area contributed by atoms with Gasteiger partial charge in [-0.1, -0.05) is 17.3 Å². The first kappa shape index (κ1) is 15.4. The van der Waals surface area contributed by atoms with Crippen molar-refractivity contribution in [2.24, 2.45) is 0 Å². The van der Waals surface area contributed by atoms with Crippen molar-refractivity contribution in [2.45, 2.75) is 6.54 Å². The molecule has 0 amide bonds. The maximum atomic E-state index is 4.40. The number of benzene rings is 1. The van der Waals surface area contributed by atoms with Crippen LogP contribution in [0.1, 0.15) is 5.56 Å². The Bertz CT molecular complexity index is 1230. The zero-order valence-corrected chi connectivity index (χ0v) is 14.3. The maximum Gasteiger partial charge on any atom is 0.201 e. The van der Waals surface area contributed by atoms with Gasteiger partial charge in [-0.05, 0) is 42.0 Å². The normalized spacial score (nSPS) is 11.1. The largest absolute Gasteiger partial charge is 0.353 e. The molecule has 7 nitrogen and oxygen atoms in total. The lowest BCUT2D eigenvalue weighted by Crippen LogP contribution is -2.02. The first-order chi connectivity index (χ1) is 13.3. The minimum Gasteiger partial charge on any atom is -0.353 e. The molecular formula is C20H15N7. The number of fused-ring (bicyclic) bond motifs is 2. The van der Waals surface area contributed by atoms with Crippen LogP contribution >= 0.6 is 0 Å². The van der Waals surface area contributed by atoms with E-state index in [0.717, 1.165) is 33.4 Å². The van der Waals surface area contributed by atoms with Crippen molar-refractivity contribution < 1.29 is 0 Å².